The van der Waals surface area contributed by atoms with Crippen molar-refractivity contribution in [2.75, 3.05) is 0 Å². The molecule has 0 aliphatic heterocycles. The number of hydrogen-bond acceptors (Lipinski definition) is 3. The van der Waals surface area contributed by atoms with Crippen LogP contribution in [0.4, 0.5) is 0 Å². The summed E-state index contributed by atoms with van der Waals surface area (Å²) in [5.41, 5.74) is 0.0741. The highest BCUT2D eigenvalue weighted by Gasteiger charge is 2.61. The van der Waals surface area contributed by atoms with Gasteiger partial charge in [0.1, 0.15) is 11.9 Å². The number of hydrogen-bond donors (Lipinski definition) is 3. The van der Waals surface area contributed by atoms with Crippen LogP contribution in [-0.2, 0) is 0 Å². The third-order valence-electron chi connectivity index (χ3n) is 7.91. The van der Waals surface area contributed by atoms with Gasteiger partial charge in [0, 0.05) is 11.0 Å². The van der Waals surface area contributed by atoms with Crippen LogP contribution in [0.25, 0.3) is 0 Å². The molecule has 126 valence electrons. The SMILES string of the molecule is C[C@]12C=CC(O)C(O)=C1C=C[C@@H]1[C@@H]2CC[C@@]2(C)[C@H]1CC[C@]2(C)O. The predicted octanol–water partition coefficient (Wildman–Crippen LogP) is 3.50. The summed E-state index contributed by atoms with van der Waals surface area (Å²) in [7, 11) is 0. The number of aliphatic hydroxyl groups excluding tert-OH is 2. The average molecular weight is 316 g/mol. The second-order valence-corrected chi connectivity index (χ2v) is 8.80. The van der Waals surface area contributed by atoms with Gasteiger partial charge in [0.2, 0.25) is 0 Å². The highest BCUT2D eigenvalue weighted by atomic mass is 16.3. The molecule has 0 heterocycles. The maximum atomic E-state index is 10.9. The van der Waals surface area contributed by atoms with Crippen molar-refractivity contribution in [1.29, 1.82) is 0 Å². The fourth-order valence-corrected chi connectivity index (χ4v) is 6.11. The summed E-state index contributed by atoms with van der Waals surface area (Å²) in [4.78, 5) is 0. The van der Waals surface area contributed by atoms with E-state index in [9.17, 15) is 15.3 Å². The van der Waals surface area contributed by atoms with E-state index in [0.717, 1.165) is 31.3 Å². The molecule has 4 rings (SSSR count). The quantitative estimate of drug-likeness (QED) is 0.599. The monoisotopic (exact) mass is 316 g/mol. The van der Waals surface area contributed by atoms with E-state index in [-0.39, 0.29) is 16.6 Å². The molecule has 0 radical (unpaired) electrons. The molecule has 7 atom stereocenters. The number of aliphatic hydroxyl groups is 3. The van der Waals surface area contributed by atoms with Gasteiger partial charge in [-0.05, 0) is 55.8 Å². The summed E-state index contributed by atoms with van der Waals surface area (Å²) in [6.07, 6.45) is 11.3. The Morgan fingerprint density at radius 2 is 1.74 bits per heavy atom. The Balaban J connectivity index is 1.79. The molecule has 2 saturated carbocycles. The van der Waals surface area contributed by atoms with Gasteiger partial charge in [-0.2, -0.15) is 0 Å². The molecule has 0 aromatic carbocycles. The minimum Gasteiger partial charge on any atom is -0.509 e. The van der Waals surface area contributed by atoms with E-state index in [4.69, 9.17) is 0 Å². The standard InChI is InChI=1S/C20H28O3/c1-18-9-8-16(21)17(22)15(18)5-4-12-13(18)6-10-19(2)14(12)7-11-20(19,3)23/h4-5,8-9,12-14,16,21-23H,6-7,10-11H2,1-3H3/t12-,13+,14+,16?,18-,19+,20+/m1/s1. The van der Waals surface area contributed by atoms with Crippen LogP contribution in [0.1, 0.15) is 46.5 Å². The van der Waals surface area contributed by atoms with Crippen molar-refractivity contribution in [1.82, 2.24) is 0 Å². The lowest BCUT2D eigenvalue weighted by atomic mass is 9.49. The van der Waals surface area contributed by atoms with Crippen LogP contribution in [0.15, 0.2) is 35.6 Å². The maximum Gasteiger partial charge on any atom is 0.129 e. The molecule has 23 heavy (non-hydrogen) atoms. The molecule has 2 fully saturated rings. The fraction of sp³-hybridized carbons (Fsp3) is 0.700. The number of allylic oxidation sites excluding steroid dienone is 4. The lowest BCUT2D eigenvalue weighted by Crippen LogP contribution is -2.52. The zero-order chi connectivity index (χ0) is 16.6. The van der Waals surface area contributed by atoms with Crippen molar-refractivity contribution < 1.29 is 15.3 Å². The van der Waals surface area contributed by atoms with Gasteiger partial charge < -0.3 is 15.3 Å². The molecule has 0 aromatic heterocycles. The lowest BCUT2D eigenvalue weighted by Gasteiger charge is -2.56. The van der Waals surface area contributed by atoms with Crippen LogP contribution in [0.5, 0.6) is 0 Å². The summed E-state index contributed by atoms with van der Waals surface area (Å²) in [6, 6.07) is 0. The Morgan fingerprint density at radius 3 is 2.48 bits per heavy atom. The van der Waals surface area contributed by atoms with Crippen molar-refractivity contribution in [2.24, 2.45) is 28.6 Å². The van der Waals surface area contributed by atoms with Crippen molar-refractivity contribution in [3.8, 4) is 0 Å². The van der Waals surface area contributed by atoms with Gasteiger partial charge in [0.25, 0.3) is 0 Å². The van der Waals surface area contributed by atoms with E-state index in [1.54, 1.807) is 6.08 Å². The van der Waals surface area contributed by atoms with Crippen molar-refractivity contribution in [3.05, 3.63) is 35.6 Å². The third kappa shape index (κ3) is 1.78. The van der Waals surface area contributed by atoms with Gasteiger partial charge in [0.05, 0.1) is 5.60 Å². The molecule has 0 spiro atoms. The van der Waals surface area contributed by atoms with E-state index in [1.807, 2.05) is 13.0 Å². The first-order chi connectivity index (χ1) is 10.7. The third-order valence-corrected chi connectivity index (χ3v) is 7.91. The van der Waals surface area contributed by atoms with Gasteiger partial charge in [-0.1, -0.05) is 38.2 Å². The van der Waals surface area contributed by atoms with Gasteiger partial charge in [-0.25, -0.2) is 0 Å². The number of fused-ring (bicyclic) bond motifs is 5. The smallest absolute Gasteiger partial charge is 0.129 e. The minimum absolute atomic E-state index is 0.0178. The van der Waals surface area contributed by atoms with E-state index >= 15 is 0 Å². The zero-order valence-corrected chi connectivity index (χ0v) is 14.3. The zero-order valence-electron chi connectivity index (χ0n) is 14.3. The first kappa shape index (κ1) is 15.5. The number of rotatable bonds is 0. The van der Waals surface area contributed by atoms with Crippen LogP contribution in [0.3, 0.4) is 0 Å². The molecule has 0 bridgehead atoms. The maximum absolute atomic E-state index is 10.9. The Hall–Kier alpha value is -1.06. The van der Waals surface area contributed by atoms with Crippen LogP contribution in [-0.4, -0.2) is 27.0 Å². The average Bonchev–Trinajstić information content (AvgIpc) is 2.74. The van der Waals surface area contributed by atoms with E-state index < -0.39 is 11.7 Å². The second kappa shape index (κ2) is 4.52. The fourth-order valence-electron chi connectivity index (χ4n) is 6.11. The minimum atomic E-state index is -0.875. The molecule has 0 aromatic rings. The van der Waals surface area contributed by atoms with Crippen LogP contribution in [0, 0.1) is 28.6 Å². The Morgan fingerprint density at radius 1 is 1.04 bits per heavy atom. The summed E-state index contributed by atoms with van der Waals surface area (Å²) >= 11 is 0. The molecule has 4 aliphatic carbocycles. The first-order valence-corrected chi connectivity index (χ1v) is 8.92. The van der Waals surface area contributed by atoms with Gasteiger partial charge in [-0.15, -0.1) is 0 Å². The van der Waals surface area contributed by atoms with Crippen molar-refractivity contribution >= 4 is 0 Å². The molecule has 3 nitrogen and oxygen atoms in total. The van der Waals surface area contributed by atoms with Crippen LogP contribution >= 0.6 is 0 Å². The van der Waals surface area contributed by atoms with Crippen molar-refractivity contribution in [3.63, 3.8) is 0 Å². The molecular formula is C20H28O3. The predicted molar refractivity (Wildman–Crippen MR) is 89.7 cm³/mol. The first-order valence-electron chi connectivity index (χ1n) is 8.92. The van der Waals surface area contributed by atoms with Crippen molar-refractivity contribution in [2.45, 2.75) is 58.2 Å². The molecular weight excluding hydrogens is 288 g/mol. The van der Waals surface area contributed by atoms with E-state index in [0.29, 0.717) is 17.8 Å². The second-order valence-electron chi connectivity index (χ2n) is 8.80. The molecule has 1 unspecified atom stereocenters. The van der Waals surface area contributed by atoms with Gasteiger partial charge >= 0.3 is 0 Å². The topological polar surface area (TPSA) is 60.7 Å². The summed E-state index contributed by atoms with van der Waals surface area (Å²) in [6.45, 7) is 6.47. The van der Waals surface area contributed by atoms with Crippen LogP contribution < -0.4 is 0 Å². The molecule has 0 saturated heterocycles. The molecule has 3 heteroatoms. The van der Waals surface area contributed by atoms with E-state index in [1.165, 1.54) is 0 Å². The summed E-state index contributed by atoms with van der Waals surface area (Å²) in [5, 5.41) is 31.2. The molecule has 3 N–H and O–H groups in total. The normalized spacial score (nSPS) is 54.7. The van der Waals surface area contributed by atoms with E-state index in [2.05, 4.69) is 26.0 Å². The van der Waals surface area contributed by atoms with Crippen LogP contribution in [0.2, 0.25) is 0 Å². The highest BCUT2D eigenvalue weighted by molar-refractivity contribution is 5.44. The molecule has 4 aliphatic rings. The molecule has 0 amide bonds. The largest absolute Gasteiger partial charge is 0.509 e. The highest BCUT2D eigenvalue weighted by Crippen LogP contribution is 2.65. The Bertz CT molecular complexity index is 629. The van der Waals surface area contributed by atoms with Gasteiger partial charge in [0.15, 0.2) is 0 Å². The summed E-state index contributed by atoms with van der Waals surface area (Å²) in [5.74, 6) is 1.47. The summed E-state index contributed by atoms with van der Waals surface area (Å²) < 4.78 is 0. The Kier molecular flexibility index (Phi) is 3.04. The Labute approximate surface area is 138 Å². The lowest BCUT2D eigenvalue weighted by molar-refractivity contribution is -0.0981. The van der Waals surface area contributed by atoms with Gasteiger partial charge in [-0.3, -0.25) is 0 Å².